The number of rotatable bonds is 7. The minimum absolute atomic E-state index is 0.0912. The van der Waals surface area contributed by atoms with Crippen molar-refractivity contribution in [2.75, 3.05) is 6.79 Å². The van der Waals surface area contributed by atoms with Crippen molar-refractivity contribution in [2.45, 2.75) is 31.0 Å². The second kappa shape index (κ2) is 7.23. The number of benzene rings is 1. The van der Waals surface area contributed by atoms with Gasteiger partial charge in [0.1, 0.15) is 11.5 Å². The fraction of sp³-hybridized carbons (Fsp3) is 0.375. The van der Waals surface area contributed by atoms with Gasteiger partial charge in [0.05, 0.1) is 12.3 Å². The Balaban J connectivity index is 1.53. The molecule has 0 bridgehead atoms. The molecule has 1 unspecified atom stereocenters. The minimum atomic E-state index is -2.38. The zero-order chi connectivity index (χ0) is 16.2. The summed E-state index contributed by atoms with van der Waals surface area (Å²) >= 11 is 0.557. The van der Waals surface area contributed by atoms with E-state index in [-0.39, 0.29) is 18.6 Å². The smallest absolute Gasteiger partial charge is 0.284 e. The van der Waals surface area contributed by atoms with Gasteiger partial charge < -0.3 is 19.2 Å². The van der Waals surface area contributed by atoms with Gasteiger partial charge in [-0.2, -0.15) is 8.78 Å². The lowest BCUT2D eigenvalue weighted by molar-refractivity contribution is 0.174. The van der Waals surface area contributed by atoms with Crippen LogP contribution in [0.4, 0.5) is 8.78 Å². The monoisotopic (exact) mass is 341 g/mol. The SMILES string of the molecule is CC(NCc1ccc(CSC(F)F)o1)c1ccc2c(c1)OCO2. The van der Waals surface area contributed by atoms with Crippen molar-refractivity contribution in [1.29, 1.82) is 0 Å². The average molecular weight is 341 g/mol. The van der Waals surface area contributed by atoms with Gasteiger partial charge in [0.15, 0.2) is 11.5 Å². The Morgan fingerprint density at radius 2 is 1.91 bits per heavy atom. The number of fused-ring (bicyclic) bond motifs is 1. The molecular weight excluding hydrogens is 324 g/mol. The van der Waals surface area contributed by atoms with Crippen LogP contribution in [-0.2, 0) is 12.3 Å². The number of ether oxygens (including phenoxy) is 2. The molecule has 7 heteroatoms. The molecule has 2 aromatic rings. The van der Waals surface area contributed by atoms with Crippen LogP contribution < -0.4 is 14.8 Å². The van der Waals surface area contributed by atoms with Gasteiger partial charge in [0, 0.05) is 6.04 Å². The molecular formula is C16H17F2NO3S. The largest absolute Gasteiger partial charge is 0.464 e. The first-order chi connectivity index (χ1) is 11.1. The van der Waals surface area contributed by atoms with E-state index < -0.39 is 5.76 Å². The maximum Gasteiger partial charge on any atom is 0.284 e. The third-order valence-corrected chi connectivity index (χ3v) is 4.25. The van der Waals surface area contributed by atoms with Crippen molar-refractivity contribution in [1.82, 2.24) is 5.32 Å². The summed E-state index contributed by atoms with van der Waals surface area (Å²) in [4.78, 5) is 0. The third kappa shape index (κ3) is 4.17. The van der Waals surface area contributed by atoms with E-state index in [1.165, 1.54) is 0 Å². The van der Waals surface area contributed by atoms with Crippen LogP contribution in [0.5, 0.6) is 11.5 Å². The number of thioether (sulfide) groups is 1. The first kappa shape index (κ1) is 16.1. The highest BCUT2D eigenvalue weighted by molar-refractivity contribution is 7.98. The van der Waals surface area contributed by atoms with Crippen molar-refractivity contribution in [3.05, 3.63) is 47.4 Å². The Morgan fingerprint density at radius 3 is 2.74 bits per heavy atom. The molecule has 0 aliphatic carbocycles. The zero-order valence-electron chi connectivity index (χ0n) is 12.6. The Kier molecular flexibility index (Phi) is 5.07. The van der Waals surface area contributed by atoms with Crippen LogP contribution in [0, 0.1) is 0 Å². The van der Waals surface area contributed by atoms with E-state index in [9.17, 15) is 8.78 Å². The molecule has 0 saturated carbocycles. The van der Waals surface area contributed by atoms with E-state index in [4.69, 9.17) is 13.9 Å². The molecule has 1 N–H and O–H groups in total. The highest BCUT2D eigenvalue weighted by Gasteiger charge is 2.16. The summed E-state index contributed by atoms with van der Waals surface area (Å²) in [5.41, 5.74) is 1.08. The first-order valence-corrected chi connectivity index (χ1v) is 8.27. The maximum absolute atomic E-state index is 12.2. The molecule has 124 valence electrons. The van der Waals surface area contributed by atoms with Crippen LogP contribution in [0.25, 0.3) is 0 Å². The molecule has 1 aliphatic heterocycles. The molecule has 0 saturated heterocycles. The van der Waals surface area contributed by atoms with Gasteiger partial charge in [0.25, 0.3) is 5.76 Å². The van der Waals surface area contributed by atoms with E-state index in [0.717, 1.165) is 22.8 Å². The van der Waals surface area contributed by atoms with Crippen molar-refractivity contribution < 1.29 is 22.7 Å². The van der Waals surface area contributed by atoms with Gasteiger partial charge in [-0.1, -0.05) is 17.8 Å². The van der Waals surface area contributed by atoms with Crippen molar-refractivity contribution in [2.24, 2.45) is 0 Å². The topological polar surface area (TPSA) is 43.6 Å². The number of furan rings is 1. The van der Waals surface area contributed by atoms with E-state index in [0.29, 0.717) is 24.1 Å². The molecule has 1 aromatic carbocycles. The van der Waals surface area contributed by atoms with Crippen molar-refractivity contribution >= 4 is 11.8 Å². The van der Waals surface area contributed by atoms with Crippen molar-refractivity contribution in [3.63, 3.8) is 0 Å². The Hall–Kier alpha value is -1.73. The summed E-state index contributed by atoms with van der Waals surface area (Å²) in [5, 5.41) is 3.34. The highest BCUT2D eigenvalue weighted by atomic mass is 32.2. The van der Waals surface area contributed by atoms with E-state index >= 15 is 0 Å². The molecule has 0 fully saturated rings. The van der Waals surface area contributed by atoms with Gasteiger partial charge in [-0.3, -0.25) is 0 Å². The van der Waals surface area contributed by atoms with Gasteiger partial charge in [0.2, 0.25) is 6.79 Å². The molecule has 1 atom stereocenters. The fourth-order valence-corrected chi connectivity index (χ4v) is 2.74. The van der Waals surface area contributed by atoms with Crippen molar-refractivity contribution in [3.8, 4) is 11.5 Å². The lowest BCUT2D eigenvalue weighted by atomic mass is 10.1. The quantitative estimate of drug-likeness (QED) is 0.813. The average Bonchev–Trinajstić information content (AvgIpc) is 3.18. The molecule has 3 rings (SSSR count). The van der Waals surface area contributed by atoms with Gasteiger partial charge >= 0.3 is 0 Å². The summed E-state index contributed by atoms with van der Waals surface area (Å²) < 4.78 is 40.5. The summed E-state index contributed by atoms with van der Waals surface area (Å²) in [5.74, 6) is 0.585. The Labute approximate surface area is 137 Å². The third-order valence-electron chi connectivity index (χ3n) is 3.55. The van der Waals surface area contributed by atoms with Crippen LogP contribution in [0.2, 0.25) is 0 Å². The highest BCUT2D eigenvalue weighted by Crippen LogP contribution is 2.34. The molecule has 0 amide bonds. The van der Waals surface area contributed by atoms with Gasteiger partial charge in [-0.15, -0.1) is 0 Å². The molecule has 23 heavy (non-hydrogen) atoms. The minimum Gasteiger partial charge on any atom is -0.464 e. The molecule has 4 nitrogen and oxygen atoms in total. The van der Waals surface area contributed by atoms with Crippen LogP contribution >= 0.6 is 11.8 Å². The lowest BCUT2D eigenvalue weighted by Crippen LogP contribution is -2.17. The molecule has 2 heterocycles. The fourth-order valence-electron chi connectivity index (χ4n) is 2.29. The van der Waals surface area contributed by atoms with E-state index in [1.54, 1.807) is 12.1 Å². The Morgan fingerprint density at radius 1 is 1.13 bits per heavy atom. The summed E-state index contributed by atoms with van der Waals surface area (Å²) in [7, 11) is 0. The number of alkyl halides is 2. The van der Waals surface area contributed by atoms with Crippen LogP contribution in [-0.4, -0.2) is 12.6 Å². The predicted octanol–water partition coefficient (Wildman–Crippen LogP) is 4.31. The zero-order valence-corrected chi connectivity index (χ0v) is 13.4. The normalized spacial score (nSPS) is 14.4. The predicted molar refractivity (Wildman–Crippen MR) is 83.8 cm³/mol. The van der Waals surface area contributed by atoms with Gasteiger partial charge in [-0.25, -0.2) is 0 Å². The second-order valence-corrected chi connectivity index (χ2v) is 6.13. The van der Waals surface area contributed by atoms with E-state index in [2.05, 4.69) is 5.32 Å². The second-order valence-electron chi connectivity index (χ2n) is 5.15. The standard InChI is InChI=1S/C16H17F2NO3S/c1-10(11-2-5-14-15(6-11)21-9-20-14)19-7-12-3-4-13(22-12)8-23-16(17)18/h2-6,10,16,19H,7-9H2,1H3. The number of hydrogen-bond acceptors (Lipinski definition) is 5. The lowest BCUT2D eigenvalue weighted by Gasteiger charge is -2.13. The first-order valence-electron chi connectivity index (χ1n) is 7.22. The summed E-state index contributed by atoms with van der Waals surface area (Å²) in [6.07, 6.45) is 0. The summed E-state index contributed by atoms with van der Waals surface area (Å²) in [6, 6.07) is 9.46. The number of halogens is 2. The number of nitrogens with one attached hydrogen (secondary N) is 1. The summed E-state index contributed by atoms with van der Waals surface area (Å²) in [6.45, 7) is 2.81. The molecule has 1 aromatic heterocycles. The van der Waals surface area contributed by atoms with Crippen LogP contribution in [0.1, 0.15) is 30.0 Å². The maximum atomic E-state index is 12.2. The Bertz CT molecular complexity index is 663. The molecule has 0 radical (unpaired) electrons. The number of hydrogen-bond donors (Lipinski definition) is 1. The van der Waals surface area contributed by atoms with Gasteiger partial charge in [-0.05, 0) is 36.8 Å². The molecule has 0 spiro atoms. The van der Waals surface area contributed by atoms with Crippen LogP contribution in [0.15, 0.2) is 34.7 Å². The van der Waals surface area contributed by atoms with E-state index in [1.807, 2.05) is 25.1 Å². The molecule has 1 aliphatic rings. The van der Waals surface area contributed by atoms with Crippen LogP contribution in [0.3, 0.4) is 0 Å².